The summed E-state index contributed by atoms with van der Waals surface area (Å²) in [6.07, 6.45) is 1.89. The molecule has 1 aromatic carbocycles. The van der Waals surface area contributed by atoms with Crippen LogP contribution in [0.4, 0.5) is 4.39 Å². The van der Waals surface area contributed by atoms with Crippen molar-refractivity contribution in [2.24, 2.45) is 0 Å². The number of hydrogen-bond donors (Lipinski definition) is 1. The van der Waals surface area contributed by atoms with Crippen molar-refractivity contribution >= 4 is 17.5 Å². The second-order valence-corrected chi connectivity index (χ2v) is 4.46. The van der Waals surface area contributed by atoms with Crippen LogP contribution < -0.4 is 0 Å². The number of amides is 1. The Balaban J connectivity index is 2.22. The first kappa shape index (κ1) is 12.2. The highest BCUT2D eigenvalue weighted by molar-refractivity contribution is 6.18. The van der Waals surface area contributed by atoms with Gasteiger partial charge < -0.3 is 10.0 Å². The number of carbonyl (C=O) groups excluding carboxylic acids is 1. The van der Waals surface area contributed by atoms with E-state index in [1.54, 1.807) is 4.90 Å². The summed E-state index contributed by atoms with van der Waals surface area (Å²) in [5.74, 6) is -0.905. The number of carbonyl (C=O) groups is 1. The molecule has 1 aliphatic carbocycles. The van der Waals surface area contributed by atoms with Gasteiger partial charge in [0.05, 0.1) is 5.56 Å². The van der Waals surface area contributed by atoms with Gasteiger partial charge in [0.25, 0.3) is 5.91 Å². The molecular formula is C12H13ClFNO2. The zero-order chi connectivity index (χ0) is 12.4. The highest BCUT2D eigenvalue weighted by Crippen LogP contribution is 2.29. The van der Waals surface area contributed by atoms with Gasteiger partial charge in [-0.15, -0.1) is 11.6 Å². The molecule has 5 heteroatoms. The van der Waals surface area contributed by atoms with Crippen molar-refractivity contribution in [3.8, 4) is 5.75 Å². The molecule has 0 heterocycles. The molecule has 0 atom stereocenters. The highest BCUT2D eigenvalue weighted by atomic mass is 35.5. The van der Waals surface area contributed by atoms with Gasteiger partial charge in [-0.2, -0.15) is 0 Å². The van der Waals surface area contributed by atoms with Gasteiger partial charge in [-0.25, -0.2) is 4.39 Å². The molecular weight excluding hydrogens is 245 g/mol. The average molecular weight is 258 g/mol. The predicted molar refractivity (Wildman–Crippen MR) is 62.8 cm³/mol. The summed E-state index contributed by atoms with van der Waals surface area (Å²) in [4.78, 5) is 13.7. The summed E-state index contributed by atoms with van der Waals surface area (Å²) in [5, 5.41) is 9.10. The molecule has 2 rings (SSSR count). The molecule has 0 bridgehead atoms. The molecule has 3 nitrogen and oxygen atoms in total. The number of phenolic OH excluding ortho intramolecular Hbond substituents is 1. The third-order valence-electron chi connectivity index (χ3n) is 2.76. The van der Waals surface area contributed by atoms with E-state index >= 15 is 0 Å². The summed E-state index contributed by atoms with van der Waals surface area (Å²) >= 11 is 5.64. The molecule has 0 aromatic heterocycles. The summed E-state index contributed by atoms with van der Waals surface area (Å²) in [6.45, 7) is 0.422. The van der Waals surface area contributed by atoms with E-state index in [4.69, 9.17) is 16.7 Å². The largest absolute Gasteiger partial charge is 0.508 e. The van der Waals surface area contributed by atoms with E-state index in [-0.39, 0.29) is 23.3 Å². The van der Waals surface area contributed by atoms with Gasteiger partial charge in [0.15, 0.2) is 0 Å². The highest BCUT2D eigenvalue weighted by Gasteiger charge is 2.33. The molecule has 17 heavy (non-hydrogen) atoms. The quantitative estimate of drug-likeness (QED) is 0.842. The zero-order valence-electron chi connectivity index (χ0n) is 9.20. The van der Waals surface area contributed by atoms with Crippen LogP contribution in [0.15, 0.2) is 18.2 Å². The monoisotopic (exact) mass is 257 g/mol. The number of aromatic hydroxyl groups is 1. The van der Waals surface area contributed by atoms with Gasteiger partial charge >= 0.3 is 0 Å². The van der Waals surface area contributed by atoms with Crippen molar-refractivity contribution in [3.63, 3.8) is 0 Å². The lowest BCUT2D eigenvalue weighted by molar-refractivity contribution is 0.0749. The molecule has 0 unspecified atom stereocenters. The number of rotatable bonds is 4. The van der Waals surface area contributed by atoms with Gasteiger partial charge in [-0.05, 0) is 25.0 Å². The Kier molecular flexibility index (Phi) is 3.52. The van der Waals surface area contributed by atoms with Crippen LogP contribution >= 0.6 is 11.6 Å². The summed E-state index contributed by atoms with van der Waals surface area (Å²) in [5.41, 5.74) is -0.0141. The summed E-state index contributed by atoms with van der Waals surface area (Å²) in [7, 11) is 0. The van der Waals surface area contributed by atoms with Crippen molar-refractivity contribution in [2.45, 2.75) is 18.9 Å². The van der Waals surface area contributed by atoms with E-state index in [0.717, 1.165) is 18.9 Å². The van der Waals surface area contributed by atoms with Crippen LogP contribution in [0, 0.1) is 5.82 Å². The van der Waals surface area contributed by atoms with Crippen LogP contribution in [0.5, 0.6) is 5.75 Å². The third-order valence-corrected chi connectivity index (χ3v) is 2.93. The van der Waals surface area contributed by atoms with Crippen LogP contribution in [-0.4, -0.2) is 34.4 Å². The first-order chi connectivity index (χ1) is 8.13. The Bertz CT molecular complexity index is 435. The lowest BCUT2D eigenvalue weighted by Gasteiger charge is -2.21. The van der Waals surface area contributed by atoms with Gasteiger partial charge in [0.2, 0.25) is 0 Å². The molecule has 0 spiro atoms. The summed E-state index contributed by atoms with van der Waals surface area (Å²) in [6, 6.07) is 3.74. The Labute approximate surface area is 104 Å². The standard InChI is InChI=1S/C12H13ClFNO2/c13-5-6-15(8-1-2-8)12(17)10-4-3-9(16)7-11(10)14/h3-4,7-8,16H,1-2,5-6H2. The topological polar surface area (TPSA) is 40.5 Å². The summed E-state index contributed by atoms with van der Waals surface area (Å²) < 4.78 is 13.5. The van der Waals surface area contributed by atoms with E-state index < -0.39 is 5.82 Å². The van der Waals surface area contributed by atoms with Crippen molar-refractivity contribution in [2.75, 3.05) is 12.4 Å². The Morgan fingerprint density at radius 2 is 2.24 bits per heavy atom. The fourth-order valence-corrected chi connectivity index (χ4v) is 1.94. The fourth-order valence-electron chi connectivity index (χ4n) is 1.76. The second kappa shape index (κ2) is 4.92. The molecule has 0 radical (unpaired) electrons. The van der Waals surface area contributed by atoms with Crippen molar-refractivity contribution < 1.29 is 14.3 Å². The number of alkyl halides is 1. The molecule has 92 valence electrons. The maximum absolute atomic E-state index is 13.5. The van der Waals surface area contributed by atoms with Crippen LogP contribution in [0.1, 0.15) is 23.2 Å². The lowest BCUT2D eigenvalue weighted by Crippen LogP contribution is -2.35. The zero-order valence-corrected chi connectivity index (χ0v) is 9.95. The number of phenols is 1. The minimum absolute atomic E-state index is 0.0141. The molecule has 1 fully saturated rings. The maximum Gasteiger partial charge on any atom is 0.257 e. The van der Waals surface area contributed by atoms with Crippen LogP contribution in [0.3, 0.4) is 0 Å². The van der Waals surface area contributed by atoms with Crippen LogP contribution in [-0.2, 0) is 0 Å². The molecule has 1 aliphatic rings. The first-order valence-corrected chi connectivity index (χ1v) is 6.02. The van der Waals surface area contributed by atoms with Crippen LogP contribution in [0.25, 0.3) is 0 Å². The number of halogens is 2. The van der Waals surface area contributed by atoms with E-state index in [0.29, 0.717) is 12.4 Å². The minimum atomic E-state index is -0.699. The Morgan fingerprint density at radius 1 is 1.53 bits per heavy atom. The molecule has 1 aromatic rings. The minimum Gasteiger partial charge on any atom is -0.508 e. The SMILES string of the molecule is O=C(c1ccc(O)cc1F)N(CCCl)C1CC1. The maximum atomic E-state index is 13.5. The molecule has 1 amide bonds. The first-order valence-electron chi connectivity index (χ1n) is 5.49. The van der Waals surface area contributed by atoms with E-state index in [9.17, 15) is 9.18 Å². The van der Waals surface area contributed by atoms with Gasteiger partial charge in [0.1, 0.15) is 11.6 Å². The molecule has 1 saturated carbocycles. The predicted octanol–water partition coefficient (Wildman–Crippen LogP) is 2.37. The number of nitrogens with zero attached hydrogens (tertiary/aromatic N) is 1. The van der Waals surface area contributed by atoms with Gasteiger partial charge in [-0.3, -0.25) is 4.79 Å². The average Bonchev–Trinajstić information content (AvgIpc) is 3.09. The van der Waals surface area contributed by atoms with Crippen molar-refractivity contribution in [3.05, 3.63) is 29.6 Å². The number of hydrogen-bond acceptors (Lipinski definition) is 2. The molecule has 0 aliphatic heterocycles. The van der Waals surface area contributed by atoms with Crippen molar-refractivity contribution in [1.82, 2.24) is 4.90 Å². The molecule has 1 N–H and O–H groups in total. The normalized spacial score (nSPS) is 14.7. The van der Waals surface area contributed by atoms with E-state index in [1.165, 1.54) is 12.1 Å². The Hall–Kier alpha value is -1.29. The fraction of sp³-hybridized carbons (Fsp3) is 0.417. The van der Waals surface area contributed by atoms with Gasteiger partial charge in [0, 0.05) is 24.5 Å². The van der Waals surface area contributed by atoms with Gasteiger partial charge in [-0.1, -0.05) is 0 Å². The number of benzene rings is 1. The Morgan fingerprint density at radius 3 is 2.76 bits per heavy atom. The lowest BCUT2D eigenvalue weighted by atomic mass is 10.1. The molecule has 0 saturated heterocycles. The third kappa shape index (κ3) is 2.69. The van der Waals surface area contributed by atoms with Crippen molar-refractivity contribution in [1.29, 1.82) is 0 Å². The smallest absolute Gasteiger partial charge is 0.257 e. The van der Waals surface area contributed by atoms with Crippen LogP contribution in [0.2, 0.25) is 0 Å². The van der Waals surface area contributed by atoms with E-state index in [1.807, 2.05) is 0 Å². The van der Waals surface area contributed by atoms with E-state index in [2.05, 4.69) is 0 Å². The second-order valence-electron chi connectivity index (χ2n) is 4.08.